The number of hydrogen-bond acceptors (Lipinski definition) is 4. The van der Waals surface area contributed by atoms with Crippen LogP contribution in [0.5, 0.6) is 5.75 Å². The van der Waals surface area contributed by atoms with Crippen LogP contribution < -0.4 is 15.8 Å². The van der Waals surface area contributed by atoms with Gasteiger partial charge in [-0.2, -0.15) is 0 Å². The number of pyridine rings is 1. The smallest absolute Gasteiger partial charge is 0.259 e. The Morgan fingerprint density at radius 3 is 2.76 bits per heavy atom. The molecule has 6 heteroatoms. The lowest BCUT2D eigenvalue weighted by atomic mass is 10.1. The summed E-state index contributed by atoms with van der Waals surface area (Å²) in [5.74, 6) is -0.989. The molecule has 2 aromatic rings. The number of amides is 1. The number of carbonyl (C=O) groups is 1. The molecule has 1 heterocycles. The molecule has 0 saturated heterocycles. The molecule has 0 aliphatic heterocycles. The minimum Gasteiger partial charge on any atom is -0.494 e. The molecule has 1 amide bonds. The summed E-state index contributed by atoms with van der Waals surface area (Å²) >= 11 is 0. The first-order valence-electron chi connectivity index (χ1n) is 6.31. The molecule has 0 spiro atoms. The fraction of sp³-hybridized carbons (Fsp3) is 0.200. The number of nitrogens with zero attached hydrogens (tertiary/aromatic N) is 1. The van der Waals surface area contributed by atoms with Gasteiger partial charge in [0.25, 0.3) is 5.91 Å². The van der Waals surface area contributed by atoms with Crippen LogP contribution in [0.3, 0.4) is 0 Å². The maximum atomic E-state index is 14.0. The number of benzene rings is 1. The zero-order chi connectivity index (χ0) is 15.6. The van der Waals surface area contributed by atoms with Gasteiger partial charge in [0, 0.05) is 5.69 Å². The van der Waals surface area contributed by atoms with Crippen molar-refractivity contribution in [3.63, 3.8) is 0 Å². The average Bonchev–Trinajstić information content (AvgIpc) is 2.45. The van der Waals surface area contributed by atoms with Crippen molar-refractivity contribution in [1.29, 1.82) is 0 Å². The van der Waals surface area contributed by atoms with Gasteiger partial charge in [0.2, 0.25) is 0 Å². The summed E-state index contributed by atoms with van der Waals surface area (Å²) < 4.78 is 18.9. The molecule has 0 saturated carbocycles. The lowest BCUT2D eigenvalue weighted by Crippen LogP contribution is -2.16. The molecule has 2 rings (SSSR count). The van der Waals surface area contributed by atoms with Gasteiger partial charge in [-0.05, 0) is 37.6 Å². The number of hydrogen-bond donors (Lipinski definition) is 2. The second kappa shape index (κ2) is 5.78. The molecule has 1 aromatic carbocycles. The van der Waals surface area contributed by atoms with Crippen LogP contribution in [0.4, 0.5) is 15.9 Å². The zero-order valence-corrected chi connectivity index (χ0v) is 12.0. The molecule has 110 valence electrons. The lowest BCUT2D eigenvalue weighted by molar-refractivity contribution is 0.102. The highest BCUT2D eigenvalue weighted by Gasteiger charge is 2.16. The minimum atomic E-state index is -0.635. The van der Waals surface area contributed by atoms with E-state index in [0.717, 1.165) is 11.3 Å². The second-order valence-corrected chi connectivity index (χ2v) is 4.60. The summed E-state index contributed by atoms with van der Waals surface area (Å²) in [4.78, 5) is 16.3. The fourth-order valence-corrected chi connectivity index (χ4v) is 1.86. The topological polar surface area (TPSA) is 77.2 Å². The summed E-state index contributed by atoms with van der Waals surface area (Å²) in [6.07, 6.45) is 0. The summed E-state index contributed by atoms with van der Waals surface area (Å²) in [5.41, 5.74) is 7.56. The Kier molecular flexibility index (Phi) is 4.07. The number of nitrogens with two attached hydrogens (primary N) is 1. The van der Waals surface area contributed by atoms with Gasteiger partial charge in [0.1, 0.15) is 5.82 Å². The molecule has 21 heavy (non-hydrogen) atoms. The van der Waals surface area contributed by atoms with Crippen LogP contribution in [0.1, 0.15) is 21.6 Å². The molecule has 0 atom stereocenters. The van der Waals surface area contributed by atoms with Crippen LogP contribution >= 0.6 is 0 Å². The summed E-state index contributed by atoms with van der Waals surface area (Å²) in [6.45, 7) is 3.62. The normalized spacial score (nSPS) is 10.3. The van der Waals surface area contributed by atoms with Gasteiger partial charge in [-0.3, -0.25) is 4.79 Å². The standard InChI is InChI=1S/C15H16FN3O2/c1-8-7-10(14(17)18-9(8)2)15(20)19-11-5-4-6-12(21-3)13(11)16/h4-7H,1-3H3,(H2,17,18)(H,19,20). The average molecular weight is 289 g/mol. The fourth-order valence-electron chi connectivity index (χ4n) is 1.86. The van der Waals surface area contributed by atoms with Gasteiger partial charge in [-0.15, -0.1) is 0 Å². The predicted octanol–water partition coefficient (Wildman–Crippen LogP) is 2.68. The van der Waals surface area contributed by atoms with Crippen molar-refractivity contribution < 1.29 is 13.9 Å². The Bertz CT molecular complexity index is 702. The highest BCUT2D eigenvalue weighted by molar-refractivity contribution is 6.07. The largest absolute Gasteiger partial charge is 0.494 e. The summed E-state index contributed by atoms with van der Waals surface area (Å²) in [6, 6.07) is 6.13. The van der Waals surface area contributed by atoms with E-state index in [1.807, 2.05) is 6.92 Å². The van der Waals surface area contributed by atoms with Crippen LogP contribution in [-0.2, 0) is 0 Å². The maximum Gasteiger partial charge on any atom is 0.259 e. The van der Waals surface area contributed by atoms with Crippen molar-refractivity contribution in [2.45, 2.75) is 13.8 Å². The number of anilines is 2. The number of methoxy groups -OCH3 is 1. The van der Waals surface area contributed by atoms with E-state index in [0.29, 0.717) is 0 Å². The first kappa shape index (κ1) is 14.8. The third kappa shape index (κ3) is 2.94. The van der Waals surface area contributed by atoms with Gasteiger partial charge < -0.3 is 15.8 Å². The monoisotopic (exact) mass is 289 g/mol. The number of rotatable bonds is 3. The number of nitrogens with one attached hydrogen (secondary N) is 1. The van der Waals surface area contributed by atoms with Gasteiger partial charge in [0.05, 0.1) is 18.4 Å². The highest BCUT2D eigenvalue weighted by atomic mass is 19.1. The Labute approximate surface area is 121 Å². The Balaban J connectivity index is 2.33. The van der Waals surface area contributed by atoms with Gasteiger partial charge in [-0.1, -0.05) is 6.07 Å². The van der Waals surface area contributed by atoms with E-state index in [9.17, 15) is 9.18 Å². The van der Waals surface area contributed by atoms with E-state index < -0.39 is 11.7 Å². The van der Waals surface area contributed by atoms with E-state index in [1.54, 1.807) is 19.1 Å². The van der Waals surface area contributed by atoms with E-state index in [2.05, 4.69) is 10.3 Å². The number of aryl methyl sites for hydroxylation is 2. The van der Waals surface area contributed by atoms with Crippen molar-refractivity contribution in [2.24, 2.45) is 0 Å². The number of aromatic nitrogens is 1. The first-order chi connectivity index (χ1) is 9.93. The molecular weight excluding hydrogens is 273 g/mol. The Hall–Kier alpha value is -2.63. The third-order valence-electron chi connectivity index (χ3n) is 3.17. The second-order valence-electron chi connectivity index (χ2n) is 4.60. The van der Waals surface area contributed by atoms with Crippen molar-refractivity contribution >= 4 is 17.4 Å². The van der Waals surface area contributed by atoms with Gasteiger partial charge >= 0.3 is 0 Å². The van der Waals surface area contributed by atoms with Crippen molar-refractivity contribution in [1.82, 2.24) is 4.98 Å². The van der Waals surface area contributed by atoms with Crippen LogP contribution in [-0.4, -0.2) is 18.0 Å². The first-order valence-corrected chi connectivity index (χ1v) is 6.31. The van der Waals surface area contributed by atoms with Crippen LogP contribution in [0, 0.1) is 19.7 Å². The van der Waals surface area contributed by atoms with Crippen molar-refractivity contribution in [2.75, 3.05) is 18.2 Å². The number of halogens is 1. The maximum absolute atomic E-state index is 14.0. The molecule has 0 unspecified atom stereocenters. The van der Waals surface area contributed by atoms with E-state index in [-0.39, 0.29) is 22.8 Å². The molecule has 5 nitrogen and oxygen atoms in total. The molecule has 3 N–H and O–H groups in total. The number of ether oxygens (including phenoxy) is 1. The molecule has 0 fully saturated rings. The third-order valence-corrected chi connectivity index (χ3v) is 3.17. The SMILES string of the molecule is COc1cccc(NC(=O)c2cc(C)c(C)nc2N)c1F. The number of nitrogen functional groups attached to an aromatic ring is 1. The van der Waals surface area contributed by atoms with E-state index in [1.165, 1.54) is 19.2 Å². The summed E-state index contributed by atoms with van der Waals surface area (Å²) in [7, 11) is 1.36. The highest BCUT2D eigenvalue weighted by Crippen LogP contribution is 2.25. The Morgan fingerprint density at radius 2 is 2.10 bits per heavy atom. The minimum absolute atomic E-state index is 0.0250. The zero-order valence-electron chi connectivity index (χ0n) is 12.0. The molecule has 0 radical (unpaired) electrons. The summed E-state index contributed by atoms with van der Waals surface area (Å²) in [5, 5.41) is 2.47. The van der Waals surface area contributed by atoms with Crippen LogP contribution in [0.25, 0.3) is 0 Å². The Morgan fingerprint density at radius 1 is 1.38 bits per heavy atom. The van der Waals surface area contributed by atoms with E-state index >= 15 is 0 Å². The molecule has 0 bridgehead atoms. The van der Waals surface area contributed by atoms with Crippen LogP contribution in [0.15, 0.2) is 24.3 Å². The van der Waals surface area contributed by atoms with Gasteiger partial charge in [0.15, 0.2) is 11.6 Å². The molecule has 0 aliphatic rings. The quantitative estimate of drug-likeness (QED) is 0.910. The molecular formula is C15H16FN3O2. The number of carbonyl (C=O) groups excluding carboxylic acids is 1. The van der Waals surface area contributed by atoms with E-state index in [4.69, 9.17) is 10.5 Å². The molecule has 1 aromatic heterocycles. The lowest BCUT2D eigenvalue weighted by Gasteiger charge is -2.11. The predicted molar refractivity (Wildman–Crippen MR) is 79.0 cm³/mol. The van der Waals surface area contributed by atoms with Gasteiger partial charge in [-0.25, -0.2) is 9.37 Å². The molecule has 0 aliphatic carbocycles. The van der Waals surface area contributed by atoms with Crippen molar-refractivity contribution in [3.8, 4) is 5.75 Å². The van der Waals surface area contributed by atoms with Crippen LogP contribution in [0.2, 0.25) is 0 Å². The van der Waals surface area contributed by atoms with Crippen molar-refractivity contribution in [3.05, 3.63) is 46.9 Å².